The molecule has 0 saturated heterocycles. The van der Waals surface area contributed by atoms with E-state index in [2.05, 4.69) is 25.4 Å². The van der Waals surface area contributed by atoms with Crippen LogP contribution in [0.2, 0.25) is 0 Å². The summed E-state index contributed by atoms with van der Waals surface area (Å²) in [5, 5.41) is 25.9. The van der Waals surface area contributed by atoms with E-state index >= 15 is 0 Å². The average Bonchev–Trinajstić information content (AvgIpc) is 3.43. The van der Waals surface area contributed by atoms with Crippen molar-refractivity contribution in [1.82, 2.24) is 34.6 Å². The van der Waals surface area contributed by atoms with E-state index in [1.165, 1.54) is 6.92 Å². The van der Waals surface area contributed by atoms with Crippen molar-refractivity contribution in [3.8, 4) is 34.5 Å². The molecule has 0 aliphatic carbocycles. The molecule has 4 aromatic heterocycles. The minimum absolute atomic E-state index is 0.103. The number of aromatic nitrogens is 7. The molecule has 0 atom stereocenters. The number of carbonyl (C=O) groups is 1. The topological polar surface area (TPSA) is 124 Å². The minimum atomic E-state index is -0.103. The SMILES string of the molecule is CC(=O)c1ccc(-c2cnn3cc(Oc4ccc(C)nn4)cnc23)cc1-n1nc(C#N)cc1C. The van der Waals surface area contributed by atoms with Crippen molar-refractivity contribution in [1.29, 1.82) is 5.26 Å². The first-order valence-electron chi connectivity index (χ1n) is 10.4. The van der Waals surface area contributed by atoms with E-state index < -0.39 is 0 Å². The van der Waals surface area contributed by atoms with Crippen molar-refractivity contribution in [2.24, 2.45) is 0 Å². The van der Waals surface area contributed by atoms with Crippen LogP contribution >= 0.6 is 0 Å². The maximum absolute atomic E-state index is 12.3. The lowest BCUT2D eigenvalue weighted by molar-refractivity contribution is 0.101. The van der Waals surface area contributed by atoms with Crippen molar-refractivity contribution in [2.45, 2.75) is 20.8 Å². The number of rotatable bonds is 5. The van der Waals surface area contributed by atoms with Crippen molar-refractivity contribution in [3.05, 3.63) is 77.6 Å². The van der Waals surface area contributed by atoms with Gasteiger partial charge in [-0.3, -0.25) is 4.79 Å². The molecule has 0 spiro atoms. The zero-order chi connectivity index (χ0) is 23.8. The number of nitriles is 1. The first kappa shape index (κ1) is 21.0. The van der Waals surface area contributed by atoms with Crippen LogP contribution in [-0.4, -0.2) is 40.4 Å². The molecule has 0 aliphatic rings. The average molecular weight is 450 g/mol. The van der Waals surface area contributed by atoms with Crippen LogP contribution in [0.3, 0.4) is 0 Å². The molecule has 34 heavy (non-hydrogen) atoms. The molecule has 0 N–H and O–H groups in total. The molecule has 4 heterocycles. The Morgan fingerprint density at radius 1 is 1.09 bits per heavy atom. The Bertz CT molecular complexity index is 1590. The number of benzene rings is 1. The molecule has 166 valence electrons. The van der Waals surface area contributed by atoms with Crippen molar-refractivity contribution < 1.29 is 9.53 Å². The number of nitrogens with zero attached hydrogens (tertiary/aromatic N) is 8. The number of fused-ring (bicyclic) bond motifs is 1. The summed E-state index contributed by atoms with van der Waals surface area (Å²) in [7, 11) is 0. The van der Waals surface area contributed by atoms with Gasteiger partial charge in [0.25, 0.3) is 0 Å². The second-order valence-corrected chi connectivity index (χ2v) is 7.71. The summed E-state index contributed by atoms with van der Waals surface area (Å²) in [6.45, 7) is 5.18. The van der Waals surface area contributed by atoms with Gasteiger partial charge in [0.15, 0.2) is 22.9 Å². The first-order valence-corrected chi connectivity index (χ1v) is 10.4. The lowest BCUT2D eigenvalue weighted by Crippen LogP contribution is -2.07. The van der Waals surface area contributed by atoms with Crippen molar-refractivity contribution in [2.75, 3.05) is 0 Å². The third-order valence-electron chi connectivity index (χ3n) is 5.25. The molecule has 0 radical (unpaired) electrons. The Hall–Kier alpha value is -4.91. The van der Waals surface area contributed by atoms with Crippen LogP contribution in [0.25, 0.3) is 22.5 Å². The second kappa shape index (κ2) is 8.22. The third kappa shape index (κ3) is 3.75. The molecule has 0 amide bonds. The Labute approximate surface area is 194 Å². The Balaban J connectivity index is 1.55. The molecular formula is C24H18N8O2. The summed E-state index contributed by atoms with van der Waals surface area (Å²) < 4.78 is 8.94. The molecule has 0 aliphatic heterocycles. The van der Waals surface area contributed by atoms with Gasteiger partial charge in [0.1, 0.15) is 6.07 Å². The van der Waals surface area contributed by atoms with Gasteiger partial charge in [-0.15, -0.1) is 5.10 Å². The summed E-state index contributed by atoms with van der Waals surface area (Å²) in [4.78, 5) is 16.8. The van der Waals surface area contributed by atoms with Crippen LogP contribution in [0.5, 0.6) is 11.6 Å². The minimum Gasteiger partial charge on any atom is -0.434 e. The number of carbonyl (C=O) groups excluding carboxylic acids is 1. The molecule has 10 heteroatoms. The first-order chi connectivity index (χ1) is 16.4. The van der Waals surface area contributed by atoms with Gasteiger partial charge < -0.3 is 4.74 Å². The van der Waals surface area contributed by atoms with E-state index in [-0.39, 0.29) is 11.5 Å². The lowest BCUT2D eigenvalue weighted by atomic mass is 10.0. The molecular weight excluding hydrogens is 432 g/mol. The summed E-state index contributed by atoms with van der Waals surface area (Å²) in [6, 6.07) is 12.7. The fourth-order valence-electron chi connectivity index (χ4n) is 3.62. The van der Waals surface area contributed by atoms with E-state index in [0.717, 1.165) is 22.5 Å². The van der Waals surface area contributed by atoms with Gasteiger partial charge in [-0.1, -0.05) is 6.07 Å². The van der Waals surface area contributed by atoms with E-state index in [1.807, 2.05) is 38.1 Å². The van der Waals surface area contributed by atoms with Crippen molar-refractivity contribution in [3.63, 3.8) is 0 Å². The highest BCUT2D eigenvalue weighted by molar-refractivity contribution is 5.98. The fourth-order valence-corrected chi connectivity index (χ4v) is 3.62. The smallest absolute Gasteiger partial charge is 0.239 e. The molecule has 0 fully saturated rings. The third-order valence-corrected chi connectivity index (χ3v) is 5.25. The van der Waals surface area contributed by atoms with E-state index in [0.29, 0.717) is 28.5 Å². The van der Waals surface area contributed by atoms with Gasteiger partial charge in [-0.05, 0) is 50.6 Å². The number of Topliss-reactive ketones (excluding diaryl/α,β-unsaturated/α-hetero) is 1. The molecule has 0 unspecified atom stereocenters. The fraction of sp³-hybridized carbons (Fsp3) is 0.125. The summed E-state index contributed by atoms with van der Waals surface area (Å²) in [5.74, 6) is 0.716. The number of aryl methyl sites for hydroxylation is 2. The predicted octanol–water partition coefficient (Wildman–Crippen LogP) is 3.86. The molecule has 5 aromatic rings. The maximum Gasteiger partial charge on any atom is 0.239 e. The normalized spacial score (nSPS) is 10.9. The van der Waals surface area contributed by atoms with Gasteiger partial charge in [0, 0.05) is 22.9 Å². The monoisotopic (exact) mass is 450 g/mol. The van der Waals surface area contributed by atoms with Gasteiger partial charge in [0.05, 0.1) is 30.0 Å². The Morgan fingerprint density at radius 3 is 2.65 bits per heavy atom. The lowest BCUT2D eigenvalue weighted by Gasteiger charge is -2.11. The van der Waals surface area contributed by atoms with Crippen LogP contribution in [0.1, 0.15) is 34.4 Å². The molecule has 5 rings (SSSR count). The molecule has 0 saturated carbocycles. The van der Waals surface area contributed by atoms with Gasteiger partial charge >= 0.3 is 0 Å². The van der Waals surface area contributed by atoms with Crippen LogP contribution in [0, 0.1) is 25.2 Å². The zero-order valence-corrected chi connectivity index (χ0v) is 18.6. The van der Waals surface area contributed by atoms with E-state index in [4.69, 9.17) is 4.74 Å². The van der Waals surface area contributed by atoms with E-state index in [1.54, 1.807) is 46.0 Å². The maximum atomic E-state index is 12.3. The van der Waals surface area contributed by atoms with Gasteiger partial charge in [-0.25, -0.2) is 14.2 Å². The number of hydrogen-bond acceptors (Lipinski definition) is 8. The number of ether oxygens (including phenoxy) is 1. The molecule has 1 aromatic carbocycles. The Morgan fingerprint density at radius 2 is 1.94 bits per heavy atom. The molecule has 10 nitrogen and oxygen atoms in total. The zero-order valence-electron chi connectivity index (χ0n) is 18.6. The highest BCUT2D eigenvalue weighted by atomic mass is 16.5. The van der Waals surface area contributed by atoms with E-state index in [9.17, 15) is 10.1 Å². The highest BCUT2D eigenvalue weighted by Gasteiger charge is 2.17. The Kier molecular flexibility index (Phi) is 5.07. The van der Waals surface area contributed by atoms with Crippen LogP contribution in [0.4, 0.5) is 0 Å². The predicted molar refractivity (Wildman–Crippen MR) is 122 cm³/mol. The van der Waals surface area contributed by atoms with Gasteiger partial charge in [-0.2, -0.15) is 20.6 Å². The van der Waals surface area contributed by atoms with Gasteiger partial charge in [0.2, 0.25) is 5.88 Å². The number of ketones is 1. The summed E-state index contributed by atoms with van der Waals surface area (Å²) >= 11 is 0. The largest absolute Gasteiger partial charge is 0.434 e. The second-order valence-electron chi connectivity index (χ2n) is 7.71. The van der Waals surface area contributed by atoms with Crippen LogP contribution < -0.4 is 4.74 Å². The summed E-state index contributed by atoms with van der Waals surface area (Å²) in [5.41, 5.74) is 5.08. The molecule has 0 bridgehead atoms. The van der Waals surface area contributed by atoms with Crippen LogP contribution in [0.15, 0.2) is 55.0 Å². The van der Waals surface area contributed by atoms with Crippen LogP contribution in [-0.2, 0) is 0 Å². The van der Waals surface area contributed by atoms with Crippen molar-refractivity contribution >= 4 is 11.4 Å². The quantitative estimate of drug-likeness (QED) is 0.370. The summed E-state index contributed by atoms with van der Waals surface area (Å²) in [6.07, 6.45) is 4.99. The number of hydrogen-bond donors (Lipinski definition) is 0. The highest BCUT2D eigenvalue weighted by Crippen LogP contribution is 2.29. The standard InChI is InChI=1S/C24H18N8O2/c1-14-4-7-23(29-28-14)34-19-11-26-24-21(12-27-31(24)13-19)17-5-6-20(16(3)33)22(9-17)32-15(2)8-18(10-25)30-32/h4-9,11-13H,1-3H3.